The van der Waals surface area contributed by atoms with Crippen molar-refractivity contribution >= 4 is 35.4 Å². The summed E-state index contributed by atoms with van der Waals surface area (Å²) in [5.74, 6) is 1.53. The van der Waals surface area contributed by atoms with Gasteiger partial charge in [-0.1, -0.05) is 11.8 Å². The van der Waals surface area contributed by atoms with Gasteiger partial charge in [-0.15, -0.1) is 11.8 Å². The molecule has 0 aromatic carbocycles. The Hall–Kier alpha value is -0.820. The van der Waals surface area contributed by atoms with Gasteiger partial charge < -0.3 is 14.4 Å². The molecule has 0 aliphatic carbocycles. The minimum absolute atomic E-state index is 0.105. The number of thioether (sulfide) groups is 2. The van der Waals surface area contributed by atoms with Crippen LogP contribution in [0.2, 0.25) is 0 Å². The second kappa shape index (κ2) is 6.76. The zero-order chi connectivity index (χ0) is 14.7. The van der Waals surface area contributed by atoms with Gasteiger partial charge in [0.1, 0.15) is 10.8 Å². The van der Waals surface area contributed by atoms with Gasteiger partial charge in [-0.2, -0.15) is 0 Å². The lowest BCUT2D eigenvalue weighted by Gasteiger charge is -2.36. The van der Waals surface area contributed by atoms with E-state index < -0.39 is 0 Å². The van der Waals surface area contributed by atoms with Crippen LogP contribution in [0.1, 0.15) is 20.3 Å². The fraction of sp³-hybridized carbons (Fsp3) is 0.692. The van der Waals surface area contributed by atoms with E-state index in [0.717, 1.165) is 17.2 Å². The molecular formula is C13H19NO4S2. The molecule has 0 aromatic rings. The van der Waals surface area contributed by atoms with Crippen molar-refractivity contribution in [1.82, 2.24) is 4.90 Å². The minimum atomic E-state index is -0.235. The predicted octanol–water partition coefficient (Wildman–Crippen LogP) is 1.83. The molecule has 0 bridgehead atoms. The van der Waals surface area contributed by atoms with E-state index in [1.54, 1.807) is 0 Å². The highest BCUT2D eigenvalue weighted by Gasteiger charge is 2.41. The molecule has 2 aliphatic rings. The van der Waals surface area contributed by atoms with E-state index in [-0.39, 0.29) is 23.2 Å². The van der Waals surface area contributed by atoms with E-state index in [2.05, 4.69) is 4.74 Å². The maximum atomic E-state index is 11.9. The Balaban J connectivity index is 2.19. The van der Waals surface area contributed by atoms with Crippen molar-refractivity contribution in [2.75, 3.05) is 25.2 Å². The third-order valence-electron chi connectivity index (χ3n) is 3.25. The molecule has 20 heavy (non-hydrogen) atoms. The van der Waals surface area contributed by atoms with Gasteiger partial charge in [0.2, 0.25) is 5.91 Å². The first kappa shape index (κ1) is 15.6. The van der Waals surface area contributed by atoms with Crippen LogP contribution in [0, 0.1) is 0 Å². The molecule has 2 aliphatic heterocycles. The highest BCUT2D eigenvalue weighted by molar-refractivity contribution is 8.04. The molecule has 0 radical (unpaired) electrons. The van der Waals surface area contributed by atoms with Crippen molar-refractivity contribution in [3.63, 3.8) is 0 Å². The minimum Gasteiger partial charge on any atom is -0.494 e. The van der Waals surface area contributed by atoms with Gasteiger partial charge in [0.05, 0.1) is 30.5 Å². The average molecular weight is 317 g/mol. The number of methoxy groups -OCH3 is 1. The second-order valence-electron chi connectivity index (χ2n) is 4.62. The Labute approximate surface area is 127 Å². The number of fused-ring (bicyclic) bond motifs is 1. The smallest absolute Gasteiger partial charge is 0.315 e. The second-order valence-corrected chi connectivity index (χ2v) is 6.77. The number of carbonyl (C=O) groups is 2. The van der Waals surface area contributed by atoms with Gasteiger partial charge >= 0.3 is 5.97 Å². The summed E-state index contributed by atoms with van der Waals surface area (Å²) < 4.78 is 10.4. The molecule has 1 fully saturated rings. The Morgan fingerprint density at radius 1 is 1.55 bits per heavy atom. The van der Waals surface area contributed by atoms with Crippen molar-refractivity contribution in [3.05, 3.63) is 10.8 Å². The molecule has 0 N–H and O–H groups in total. The molecule has 7 heteroatoms. The first-order valence-corrected chi connectivity index (χ1v) is 8.62. The van der Waals surface area contributed by atoms with E-state index in [1.165, 1.54) is 30.6 Å². The van der Waals surface area contributed by atoms with Crippen molar-refractivity contribution < 1.29 is 19.1 Å². The van der Waals surface area contributed by atoms with Gasteiger partial charge in [-0.25, -0.2) is 0 Å². The van der Waals surface area contributed by atoms with Crippen LogP contribution in [0.25, 0.3) is 0 Å². The molecule has 2 rings (SSSR count). The van der Waals surface area contributed by atoms with Crippen LogP contribution in [0.15, 0.2) is 10.8 Å². The SMILES string of the molecule is CCOC1=C2SCC(=O)N2C(C)CC1SCC(=O)OC. The van der Waals surface area contributed by atoms with E-state index in [0.29, 0.717) is 18.1 Å². The number of amides is 1. The monoisotopic (exact) mass is 317 g/mol. The van der Waals surface area contributed by atoms with Crippen LogP contribution < -0.4 is 0 Å². The summed E-state index contributed by atoms with van der Waals surface area (Å²) in [6.07, 6.45) is 0.798. The van der Waals surface area contributed by atoms with Gasteiger partial charge in [-0.3, -0.25) is 9.59 Å². The summed E-state index contributed by atoms with van der Waals surface area (Å²) in [6, 6.07) is 0.145. The standard InChI is InChI=1S/C13H19NO4S2/c1-4-18-12-9(19-7-11(16)17-3)5-8(2)14-10(15)6-20-13(12)14/h8-9H,4-7H2,1-3H3. The topological polar surface area (TPSA) is 55.8 Å². The van der Waals surface area contributed by atoms with Crippen molar-refractivity contribution in [2.24, 2.45) is 0 Å². The van der Waals surface area contributed by atoms with E-state index in [9.17, 15) is 9.59 Å². The summed E-state index contributed by atoms with van der Waals surface area (Å²) in [7, 11) is 1.39. The zero-order valence-corrected chi connectivity index (χ0v) is 13.5. The molecule has 5 nitrogen and oxygen atoms in total. The Bertz CT molecular complexity index is 438. The molecule has 2 atom stereocenters. The average Bonchev–Trinajstić information content (AvgIpc) is 2.82. The molecule has 1 saturated heterocycles. The fourth-order valence-electron chi connectivity index (χ4n) is 2.36. The number of hydrogen-bond acceptors (Lipinski definition) is 6. The number of rotatable bonds is 5. The van der Waals surface area contributed by atoms with Crippen molar-refractivity contribution in [1.29, 1.82) is 0 Å². The lowest BCUT2D eigenvalue weighted by molar-refractivity contribution is -0.137. The van der Waals surface area contributed by atoms with Gasteiger partial charge in [0.25, 0.3) is 0 Å². The third-order valence-corrected chi connectivity index (χ3v) is 5.52. The highest BCUT2D eigenvalue weighted by atomic mass is 32.2. The summed E-state index contributed by atoms with van der Waals surface area (Å²) in [6.45, 7) is 4.53. The molecule has 112 valence electrons. The van der Waals surface area contributed by atoms with Crippen molar-refractivity contribution in [2.45, 2.75) is 31.6 Å². The zero-order valence-electron chi connectivity index (χ0n) is 11.9. The number of nitrogens with zero attached hydrogens (tertiary/aromatic N) is 1. The summed E-state index contributed by atoms with van der Waals surface area (Å²) in [5.41, 5.74) is 0. The first-order valence-electron chi connectivity index (χ1n) is 6.58. The summed E-state index contributed by atoms with van der Waals surface area (Å²) in [5, 5.41) is 1.03. The quantitative estimate of drug-likeness (QED) is 0.721. The van der Waals surface area contributed by atoms with Crippen LogP contribution in [0.3, 0.4) is 0 Å². The van der Waals surface area contributed by atoms with Crippen LogP contribution in [0.4, 0.5) is 0 Å². The summed E-state index contributed by atoms with van der Waals surface area (Å²) in [4.78, 5) is 25.1. The fourth-order valence-corrected chi connectivity index (χ4v) is 4.80. The van der Waals surface area contributed by atoms with Crippen molar-refractivity contribution in [3.8, 4) is 0 Å². The Kier molecular flexibility index (Phi) is 5.26. The van der Waals surface area contributed by atoms with E-state index in [1.807, 2.05) is 18.7 Å². The molecule has 0 saturated carbocycles. The molecule has 2 unspecified atom stereocenters. The molecule has 2 heterocycles. The predicted molar refractivity (Wildman–Crippen MR) is 80.3 cm³/mol. The van der Waals surface area contributed by atoms with Crippen LogP contribution in [-0.2, 0) is 19.1 Å². The molecular weight excluding hydrogens is 298 g/mol. The first-order chi connectivity index (χ1) is 9.58. The Morgan fingerprint density at radius 3 is 2.95 bits per heavy atom. The van der Waals surface area contributed by atoms with Crippen LogP contribution >= 0.6 is 23.5 Å². The lowest BCUT2D eigenvalue weighted by atomic mass is 10.1. The molecule has 1 amide bonds. The van der Waals surface area contributed by atoms with Crippen LogP contribution in [-0.4, -0.2) is 53.3 Å². The normalized spacial score (nSPS) is 25.8. The van der Waals surface area contributed by atoms with Gasteiger partial charge in [0.15, 0.2) is 0 Å². The van der Waals surface area contributed by atoms with Crippen LogP contribution in [0.5, 0.6) is 0 Å². The van der Waals surface area contributed by atoms with Gasteiger partial charge in [-0.05, 0) is 20.3 Å². The van der Waals surface area contributed by atoms with E-state index in [4.69, 9.17) is 4.74 Å². The molecule has 0 aromatic heterocycles. The molecule has 0 spiro atoms. The van der Waals surface area contributed by atoms with Gasteiger partial charge in [0, 0.05) is 6.04 Å². The number of esters is 1. The maximum Gasteiger partial charge on any atom is 0.315 e. The maximum absolute atomic E-state index is 11.9. The number of ether oxygens (including phenoxy) is 2. The third kappa shape index (κ3) is 3.09. The highest BCUT2D eigenvalue weighted by Crippen LogP contribution is 2.43. The number of carbonyl (C=O) groups excluding carboxylic acids is 2. The van der Waals surface area contributed by atoms with E-state index >= 15 is 0 Å². The Morgan fingerprint density at radius 2 is 2.30 bits per heavy atom. The largest absolute Gasteiger partial charge is 0.494 e. The number of hydrogen-bond donors (Lipinski definition) is 0. The summed E-state index contributed by atoms with van der Waals surface area (Å²) >= 11 is 3.05. The lowest BCUT2D eigenvalue weighted by Crippen LogP contribution is -2.41.